The van der Waals surface area contributed by atoms with E-state index in [1.807, 2.05) is 18.0 Å². The lowest BCUT2D eigenvalue weighted by molar-refractivity contribution is 0.0714. The normalized spacial score (nSPS) is 14.6. The van der Waals surface area contributed by atoms with Crippen LogP contribution < -0.4 is 9.80 Å². The maximum Gasteiger partial charge on any atom is 0.289 e. The maximum absolute atomic E-state index is 12.3. The second-order valence-electron chi connectivity index (χ2n) is 6.25. The summed E-state index contributed by atoms with van der Waals surface area (Å²) >= 11 is 0. The van der Waals surface area contributed by atoms with Crippen LogP contribution in [0.15, 0.2) is 35.1 Å². The quantitative estimate of drug-likeness (QED) is 0.802. The summed E-state index contributed by atoms with van der Waals surface area (Å²) in [4.78, 5) is 27.5. The molecule has 2 aromatic rings. The zero-order chi connectivity index (χ0) is 17.6. The molecule has 25 heavy (non-hydrogen) atoms. The number of hydrogen-bond donors (Lipinski definition) is 0. The van der Waals surface area contributed by atoms with E-state index in [0.29, 0.717) is 18.8 Å². The molecular formula is C18H25N5O2. The molecule has 2 aromatic heterocycles. The number of hydrogen-bond acceptors (Lipinski definition) is 6. The number of furan rings is 1. The van der Waals surface area contributed by atoms with Gasteiger partial charge in [-0.15, -0.1) is 0 Å². The lowest BCUT2D eigenvalue weighted by Gasteiger charge is -2.35. The molecule has 0 N–H and O–H groups in total. The molecule has 7 heteroatoms. The van der Waals surface area contributed by atoms with Gasteiger partial charge >= 0.3 is 0 Å². The average Bonchev–Trinajstić information content (AvgIpc) is 3.20. The maximum atomic E-state index is 12.3. The predicted molar refractivity (Wildman–Crippen MR) is 97.0 cm³/mol. The van der Waals surface area contributed by atoms with Gasteiger partial charge in [-0.05, 0) is 24.6 Å². The molecule has 1 saturated heterocycles. The summed E-state index contributed by atoms with van der Waals surface area (Å²) in [5.74, 6) is 2.01. The molecule has 0 aliphatic carbocycles. The second kappa shape index (κ2) is 8.00. The molecule has 1 fully saturated rings. The van der Waals surface area contributed by atoms with Crippen LogP contribution in [0.25, 0.3) is 0 Å². The fourth-order valence-electron chi connectivity index (χ4n) is 2.89. The van der Waals surface area contributed by atoms with E-state index in [1.165, 1.54) is 6.26 Å². The van der Waals surface area contributed by atoms with Crippen LogP contribution in [0, 0.1) is 0 Å². The van der Waals surface area contributed by atoms with Gasteiger partial charge in [0.05, 0.1) is 6.26 Å². The molecule has 0 bridgehead atoms. The van der Waals surface area contributed by atoms with Crippen molar-refractivity contribution < 1.29 is 9.21 Å². The first-order chi connectivity index (χ1) is 12.2. The fourth-order valence-corrected chi connectivity index (χ4v) is 2.89. The van der Waals surface area contributed by atoms with Gasteiger partial charge in [-0.3, -0.25) is 4.79 Å². The SMILES string of the molecule is CCCCN(C)c1nccc(N2CCN(C(=O)c3ccco3)CC2)n1. The number of carbonyl (C=O) groups is 1. The number of rotatable bonds is 6. The minimum Gasteiger partial charge on any atom is -0.459 e. The van der Waals surface area contributed by atoms with Gasteiger partial charge in [-0.25, -0.2) is 4.98 Å². The van der Waals surface area contributed by atoms with Crippen LogP contribution in [0.1, 0.15) is 30.3 Å². The molecule has 0 radical (unpaired) electrons. The van der Waals surface area contributed by atoms with Crippen LogP contribution in [-0.4, -0.2) is 60.5 Å². The highest BCUT2D eigenvalue weighted by molar-refractivity contribution is 5.91. The summed E-state index contributed by atoms with van der Waals surface area (Å²) in [6.07, 6.45) is 5.61. The third-order valence-corrected chi connectivity index (χ3v) is 4.44. The van der Waals surface area contributed by atoms with Crippen LogP contribution in [0.5, 0.6) is 0 Å². The van der Waals surface area contributed by atoms with E-state index in [-0.39, 0.29) is 5.91 Å². The van der Waals surface area contributed by atoms with E-state index >= 15 is 0 Å². The zero-order valence-corrected chi connectivity index (χ0v) is 14.9. The molecule has 0 atom stereocenters. The first-order valence-electron chi connectivity index (χ1n) is 8.81. The van der Waals surface area contributed by atoms with E-state index < -0.39 is 0 Å². The van der Waals surface area contributed by atoms with Gasteiger partial charge in [0.25, 0.3) is 5.91 Å². The van der Waals surface area contributed by atoms with Crippen LogP contribution in [0.4, 0.5) is 11.8 Å². The third-order valence-electron chi connectivity index (χ3n) is 4.44. The lowest BCUT2D eigenvalue weighted by atomic mass is 10.3. The number of anilines is 2. The first-order valence-corrected chi connectivity index (χ1v) is 8.81. The number of aromatic nitrogens is 2. The summed E-state index contributed by atoms with van der Waals surface area (Å²) < 4.78 is 5.20. The van der Waals surface area contributed by atoms with Crippen molar-refractivity contribution in [2.75, 3.05) is 49.6 Å². The van der Waals surface area contributed by atoms with Crippen molar-refractivity contribution in [2.24, 2.45) is 0 Å². The Morgan fingerprint density at radius 3 is 2.76 bits per heavy atom. The molecule has 134 valence electrons. The van der Waals surface area contributed by atoms with Gasteiger partial charge in [0, 0.05) is 46.0 Å². The predicted octanol–water partition coefficient (Wildman–Crippen LogP) is 2.27. The van der Waals surface area contributed by atoms with Crippen molar-refractivity contribution in [3.63, 3.8) is 0 Å². The smallest absolute Gasteiger partial charge is 0.289 e. The number of unbranched alkanes of at least 4 members (excludes halogenated alkanes) is 1. The van der Waals surface area contributed by atoms with Gasteiger partial charge < -0.3 is 19.1 Å². The monoisotopic (exact) mass is 343 g/mol. The topological polar surface area (TPSA) is 65.7 Å². The Kier molecular flexibility index (Phi) is 5.53. The summed E-state index contributed by atoms with van der Waals surface area (Å²) in [6.45, 7) is 5.94. The highest BCUT2D eigenvalue weighted by atomic mass is 16.3. The van der Waals surface area contributed by atoms with Gasteiger partial charge in [0.2, 0.25) is 5.95 Å². The summed E-state index contributed by atoms with van der Waals surface area (Å²) in [7, 11) is 2.02. The molecule has 3 rings (SSSR count). The lowest BCUT2D eigenvalue weighted by Crippen LogP contribution is -2.49. The number of amides is 1. The zero-order valence-electron chi connectivity index (χ0n) is 14.9. The molecule has 1 aliphatic rings. The van der Waals surface area contributed by atoms with Crippen molar-refractivity contribution >= 4 is 17.7 Å². The fraction of sp³-hybridized carbons (Fsp3) is 0.500. The van der Waals surface area contributed by atoms with E-state index in [2.05, 4.69) is 26.7 Å². The number of piperazine rings is 1. The van der Waals surface area contributed by atoms with E-state index in [1.54, 1.807) is 18.3 Å². The van der Waals surface area contributed by atoms with E-state index in [9.17, 15) is 4.79 Å². The van der Waals surface area contributed by atoms with Crippen LogP contribution in [0.3, 0.4) is 0 Å². The molecule has 7 nitrogen and oxygen atoms in total. The molecule has 3 heterocycles. The average molecular weight is 343 g/mol. The van der Waals surface area contributed by atoms with E-state index in [0.717, 1.165) is 44.2 Å². The Bertz CT molecular complexity index is 681. The number of nitrogens with zero attached hydrogens (tertiary/aromatic N) is 5. The van der Waals surface area contributed by atoms with Crippen molar-refractivity contribution in [2.45, 2.75) is 19.8 Å². The minimum absolute atomic E-state index is 0.0488. The molecule has 0 spiro atoms. The molecule has 1 amide bonds. The van der Waals surface area contributed by atoms with Crippen molar-refractivity contribution in [1.82, 2.24) is 14.9 Å². The van der Waals surface area contributed by atoms with Crippen LogP contribution in [0.2, 0.25) is 0 Å². The minimum atomic E-state index is -0.0488. The van der Waals surface area contributed by atoms with Gasteiger partial charge in [0.15, 0.2) is 5.76 Å². The van der Waals surface area contributed by atoms with Crippen molar-refractivity contribution in [3.05, 3.63) is 36.4 Å². The highest BCUT2D eigenvalue weighted by Gasteiger charge is 2.24. The van der Waals surface area contributed by atoms with Gasteiger partial charge in [0.1, 0.15) is 5.82 Å². The molecular weight excluding hydrogens is 318 g/mol. The van der Waals surface area contributed by atoms with Crippen LogP contribution in [-0.2, 0) is 0 Å². The second-order valence-corrected chi connectivity index (χ2v) is 6.25. The highest BCUT2D eigenvalue weighted by Crippen LogP contribution is 2.17. The standard InChI is InChI=1S/C18H25N5O2/c1-3-4-9-21(2)18-19-8-7-16(20-18)22-10-12-23(13-11-22)17(24)15-6-5-14-25-15/h5-8,14H,3-4,9-13H2,1-2H3. The van der Waals surface area contributed by atoms with Gasteiger partial charge in [-0.1, -0.05) is 13.3 Å². The Morgan fingerprint density at radius 1 is 1.28 bits per heavy atom. The summed E-state index contributed by atoms with van der Waals surface area (Å²) in [5, 5.41) is 0. The number of carbonyl (C=O) groups excluding carboxylic acids is 1. The molecule has 0 saturated carbocycles. The Morgan fingerprint density at radius 2 is 2.08 bits per heavy atom. The Labute approximate surface area is 148 Å². The molecule has 1 aliphatic heterocycles. The van der Waals surface area contributed by atoms with E-state index in [4.69, 9.17) is 4.42 Å². The summed E-state index contributed by atoms with van der Waals surface area (Å²) in [6, 6.07) is 5.37. The first kappa shape index (κ1) is 17.3. The summed E-state index contributed by atoms with van der Waals surface area (Å²) in [5.41, 5.74) is 0. The Balaban J connectivity index is 1.60. The van der Waals surface area contributed by atoms with Gasteiger partial charge in [-0.2, -0.15) is 4.98 Å². The Hall–Kier alpha value is -2.57. The molecule has 0 unspecified atom stereocenters. The van der Waals surface area contributed by atoms with Crippen molar-refractivity contribution in [1.29, 1.82) is 0 Å². The molecule has 0 aromatic carbocycles. The third kappa shape index (κ3) is 4.10. The van der Waals surface area contributed by atoms with Crippen LogP contribution >= 0.6 is 0 Å². The largest absolute Gasteiger partial charge is 0.459 e. The van der Waals surface area contributed by atoms with Crippen molar-refractivity contribution in [3.8, 4) is 0 Å².